The van der Waals surface area contributed by atoms with Crippen LogP contribution in [0.2, 0.25) is 0 Å². The van der Waals surface area contributed by atoms with Crippen molar-refractivity contribution in [2.45, 2.75) is 19.8 Å². The van der Waals surface area contributed by atoms with E-state index < -0.39 is 23.4 Å². The SMILES string of the molecule is CC1(CNC(=O)Nc2ccc(C(=O)O)c(F)c2)CC1. The van der Waals surface area contributed by atoms with Crippen molar-refractivity contribution in [2.75, 3.05) is 11.9 Å². The highest BCUT2D eigenvalue weighted by Gasteiger charge is 2.37. The van der Waals surface area contributed by atoms with Crippen molar-refractivity contribution in [3.8, 4) is 0 Å². The van der Waals surface area contributed by atoms with E-state index in [1.165, 1.54) is 6.07 Å². The van der Waals surface area contributed by atoms with Crippen LogP contribution >= 0.6 is 0 Å². The van der Waals surface area contributed by atoms with Crippen LogP contribution in [0.15, 0.2) is 18.2 Å². The van der Waals surface area contributed by atoms with Crippen LogP contribution in [0.1, 0.15) is 30.1 Å². The number of aromatic carboxylic acids is 1. The Labute approximate surface area is 109 Å². The molecule has 0 unspecified atom stereocenters. The molecule has 1 aliphatic carbocycles. The molecular formula is C13H15FN2O3. The molecule has 1 aromatic carbocycles. The lowest BCUT2D eigenvalue weighted by atomic mass is 10.1. The van der Waals surface area contributed by atoms with E-state index in [-0.39, 0.29) is 11.1 Å². The molecule has 2 amide bonds. The maximum atomic E-state index is 13.4. The molecule has 1 saturated carbocycles. The van der Waals surface area contributed by atoms with E-state index in [0.717, 1.165) is 25.0 Å². The van der Waals surface area contributed by atoms with Crippen LogP contribution in [-0.2, 0) is 0 Å². The van der Waals surface area contributed by atoms with Crippen molar-refractivity contribution in [3.05, 3.63) is 29.6 Å². The number of carboxylic acid groups (broad SMARTS) is 1. The monoisotopic (exact) mass is 266 g/mol. The lowest BCUT2D eigenvalue weighted by Crippen LogP contribution is -2.33. The smallest absolute Gasteiger partial charge is 0.338 e. The van der Waals surface area contributed by atoms with Gasteiger partial charge in [-0.25, -0.2) is 14.0 Å². The van der Waals surface area contributed by atoms with Crippen molar-refractivity contribution in [1.29, 1.82) is 0 Å². The number of nitrogens with one attached hydrogen (secondary N) is 2. The molecule has 0 spiro atoms. The molecule has 0 radical (unpaired) electrons. The van der Waals surface area contributed by atoms with Crippen LogP contribution in [-0.4, -0.2) is 23.7 Å². The van der Waals surface area contributed by atoms with Crippen LogP contribution in [0.3, 0.4) is 0 Å². The molecule has 0 bridgehead atoms. The number of carbonyl (C=O) groups is 2. The molecule has 3 N–H and O–H groups in total. The minimum Gasteiger partial charge on any atom is -0.478 e. The Balaban J connectivity index is 1.93. The molecule has 1 fully saturated rings. The maximum Gasteiger partial charge on any atom is 0.338 e. The largest absolute Gasteiger partial charge is 0.478 e. The minimum absolute atomic E-state index is 0.190. The molecule has 0 aliphatic heterocycles. The lowest BCUT2D eigenvalue weighted by molar-refractivity contribution is 0.0692. The minimum atomic E-state index is -1.34. The first-order chi connectivity index (χ1) is 8.89. The first-order valence-corrected chi connectivity index (χ1v) is 5.97. The van der Waals surface area contributed by atoms with E-state index in [2.05, 4.69) is 17.6 Å². The number of amides is 2. The number of hydrogen-bond donors (Lipinski definition) is 3. The second-order valence-corrected chi connectivity index (χ2v) is 5.12. The quantitative estimate of drug-likeness (QED) is 0.783. The second kappa shape index (κ2) is 4.87. The van der Waals surface area contributed by atoms with Crippen molar-refractivity contribution >= 4 is 17.7 Å². The average Bonchev–Trinajstić information content (AvgIpc) is 3.05. The predicted molar refractivity (Wildman–Crippen MR) is 67.7 cm³/mol. The highest BCUT2D eigenvalue weighted by atomic mass is 19.1. The lowest BCUT2D eigenvalue weighted by Gasteiger charge is -2.11. The fourth-order valence-electron chi connectivity index (χ4n) is 1.63. The van der Waals surface area contributed by atoms with Crippen molar-refractivity contribution in [3.63, 3.8) is 0 Å². The van der Waals surface area contributed by atoms with Gasteiger partial charge in [-0.15, -0.1) is 0 Å². The van der Waals surface area contributed by atoms with Crippen molar-refractivity contribution < 1.29 is 19.1 Å². The fourth-order valence-corrected chi connectivity index (χ4v) is 1.63. The molecule has 1 aromatic rings. The predicted octanol–water partition coefficient (Wildman–Crippen LogP) is 2.45. The van der Waals surface area contributed by atoms with Crippen LogP contribution < -0.4 is 10.6 Å². The third-order valence-corrected chi connectivity index (χ3v) is 3.24. The third-order valence-electron chi connectivity index (χ3n) is 3.24. The zero-order valence-corrected chi connectivity index (χ0v) is 10.5. The second-order valence-electron chi connectivity index (χ2n) is 5.12. The van der Waals surface area contributed by atoms with Gasteiger partial charge in [0.1, 0.15) is 5.82 Å². The summed E-state index contributed by atoms with van der Waals surface area (Å²) >= 11 is 0. The number of carbonyl (C=O) groups excluding carboxylic acids is 1. The first kappa shape index (κ1) is 13.3. The molecule has 2 rings (SSSR count). The highest BCUT2D eigenvalue weighted by Crippen LogP contribution is 2.43. The molecule has 0 aromatic heterocycles. The molecule has 19 heavy (non-hydrogen) atoms. The van der Waals surface area contributed by atoms with Gasteiger partial charge in [-0.1, -0.05) is 6.92 Å². The Bertz CT molecular complexity index is 527. The molecule has 1 aliphatic rings. The molecule has 5 nitrogen and oxygen atoms in total. The van der Waals surface area contributed by atoms with Crippen LogP contribution in [0.4, 0.5) is 14.9 Å². The van der Waals surface area contributed by atoms with Crippen molar-refractivity contribution in [2.24, 2.45) is 5.41 Å². The van der Waals surface area contributed by atoms with Crippen LogP contribution in [0, 0.1) is 11.2 Å². The number of halogens is 1. The number of hydrogen-bond acceptors (Lipinski definition) is 2. The summed E-state index contributed by atoms with van der Waals surface area (Å²) in [4.78, 5) is 22.2. The molecular weight excluding hydrogens is 251 g/mol. The van der Waals surface area contributed by atoms with Gasteiger partial charge in [-0.2, -0.15) is 0 Å². The summed E-state index contributed by atoms with van der Waals surface area (Å²) in [5.41, 5.74) is -0.00662. The summed E-state index contributed by atoms with van der Waals surface area (Å²) in [7, 11) is 0. The Hall–Kier alpha value is -2.11. The van der Waals surface area contributed by atoms with Crippen LogP contribution in [0.25, 0.3) is 0 Å². The topological polar surface area (TPSA) is 78.4 Å². The molecule has 0 saturated heterocycles. The average molecular weight is 266 g/mol. The summed E-state index contributed by atoms with van der Waals surface area (Å²) in [6, 6.07) is 3.04. The van der Waals surface area contributed by atoms with Gasteiger partial charge in [-0.05, 0) is 36.5 Å². The van der Waals surface area contributed by atoms with Gasteiger partial charge in [0.05, 0.1) is 5.56 Å². The van der Waals surface area contributed by atoms with E-state index in [9.17, 15) is 14.0 Å². The number of anilines is 1. The summed E-state index contributed by atoms with van der Waals surface area (Å²) in [6.07, 6.45) is 2.18. The molecule has 0 atom stereocenters. The summed E-state index contributed by atoms with van der Waals surface area (Å²) in [5, 5.41) is 13.8. The van der Waals surface area contributed by atoms with E-state index in [4.69, 9.17) is 5.11 Å². The number of rotatable bonds is 4. The van der Waals surface area contributed by atoms with Crippen LogP contribution in [0.5, 0.6) is 0 Å². The number of carboxylic acids is 1. The third kappa shape index (κ3) is 3.43. The fraction of sp³-hybridized carbons (Fsp3) is 0.385. The Kier molecular flexibility index (Phi) is 3.42. The summed E-state index contributed by atoms with van der Waals surface area (Å²) in [6.45, 7) is 2.66. The molecule has 102 valence electrons. The van der Waals surface area contributed by atoms with Gasteiger partial charge >= 0.3 is 12.0 Å². The maximum absolute atomic E-state index is 13.4. The van der Waals surface area contributed by atoms with Gasteiger partial charge in [0.25, 0.3) is 0 Å². The van der Waals surface area contributed by atoms with E-state index in [0.29, 0.717) is 6.54 Å². The normalized spacial score (nSPS) is 15.7. The van der Waals surface area contributed by atoms with E-state index in [1.54, 1.807) is 0 Å². The summed E-state index contributed by atoms with van der Waals surface area (Å²) in [5.74, 6) is -2.21. The van der Waals surface area contributed by atoms with E-state index >= 15 is 0 Å². The number of urea groups is 1. The Morgan fingerprint density at radius 2 is 2.11 bits per heavy atom. The first-order valence-electron chi connectivity index (χ1n) is 5.97. The Morgan fingerprint density at radius 1 is 1.42 bits per heavy atom. The standard InChI is InChI=1S/C13H15FN2O3/c1-13(4-5-13)7-15-12(19)16-8-2-3-9(11(17)18)10(14)6-8/h2-3,6H,4-5,7H2,1H3,(H,17,18)(H2,15,16,19). The zero-order chi connectivity index (χ0) is 14.0. The van der Waals surface area contributed by atoms with Gasteiger partial charge in [0, 0.05) is 12.2 Å². The van der Waals surface area contributed by atoms with Gasteiger partial charge < -0.3 is 15.7 Å². The van der Waals surface area contributed by atoms with Gasteiger partial charge in [0.15, 0.2) is 0 Å². The Morgan fingerprint density at radius 3 is 2.63 bits per heavy atom. The van der Waals surface area contributed by atoms with Crippen molar-refractivity contribution in [1.82, 2.24) is 5.32 Å². The summed E-state index contributed by atoms with van der Waals surface area (Å²) < 4.78 is 13.4. The molecule has 0 heterocycles. The number of benzene rings is 1. The van der Waals surface area contributed by atoms with Gasteiger partial charge in [0.2, 0.25) is 0 Å². The molecule has 6 heteroatoms. The van der Waals surface area contributed by atoms with Gasteiger partial charge in [-0.3, -0.25) is 0 Å². The zero-order valence-electron chi connectivity index (χ0n) is 10.5. The highest BCUT2D eigenvalue weighted by molar-refractivity contribution is 5.91. The van der Waals surface area contributed by atoms with E-state index in [1.807, 2.05) is 0 Å².